The molecular formula is C26H36O8S2. The van der Waals surface area contributed by atoms with E-state index >= 15 is 0 Å². The van der Waals surface area contributed by atoms with Crippen LogP contribution >= 0.6 is 24.0 Å². The second-order valence-electron chi connectivity index (χ2n) is 8.80. The van der Waals surface area contributed by atoms with E-state index in [0.29, 0.717) is 12.2 Å². The first-order valence-corrected chi connectivity index (χ1v) is 13.2. The average Bonchev–Trinajstić information content (AvgIpc) is 2.80. The van der Waals surface area contributed by atoms with E-state index in [0.717, 1.165) is 11.8 Å². The molecule has 1 aromatic carbocycles. The third-order valence-electron chi connectivity index (χ3n) is 4.89. The highest BCUT2D eigenvalue weighted by Crippen LogP contribution is 2.38. The first-order valence-electron chi connectivity index (χ1n) is 11.9. The third-order valence-corrected chi connectivity index (χ3v) is 6.35. The van der Waals surface area contributed by atoms with Gasteiger partial charge < -0.3 is 18.9 Å². The fraction of sp³-hybridized carbons (Fsp3) is 0.577. The number of benzene rings is 1. The predicted octanol–water partition coefficient (Wildman–Crippen LogP) is 4.55. The molecule has 1 unspecified atom stereocenters. The molecule has 8 nitrogen and oxygen atoms in total. The van der Waals surface area contributed by atoms with Crippen LogP contribution in [0.2, 0.25) is 0 Å². The zero-order valence-electron chi connectivity index (χ0n) is 21.8. The van der Waals surface area contributed by atoms with Crippen LogP contribution in [-0.4, -0.2) is 58.7 Å². The molecule has 1 atom stereocenters. The molecule has 0 spiro atoms. The van der Waals surface area contributed by atoms with Crippen molar-refractivity contribution >= 4 is 52.1 Å². The van der Waals surface area contributed by atoms with Crippen molar-refractivity contribution in [1.82, 2.24) is 0 Å². The van der Waals surface area contributed by atoms with Gasteiger partial charge in [-0.3, -0.25) is 14.4 Å². The summed E-state index contributed by atoms with van der Waals surface area (Å²) in [7, 11) is 0. The minimum atomic E-state index is -1.80. The Morgan fingerprint density at radius 1 is 0.889 bits per heavy atom. The van der Waals surface area contributed by atoms with Gasteiger partial charge in [0.05, 0.1) is 19.8 Å². The number of carbonyl (C=O) groups excluding carboxylic acids is 4. The number of hydrogen-bond acceptors (Lipinski definition) is 10. The van der Waals surface area contributed by atoms with Crippen LogP contribution < -0.4 is 0 Å². The molecule has 0 saturated heterocycles. The number of ether oxygens (including phenoxy) is 4. The number of ketones is 1. The molecule has 0 radical (unpaired) electrons. The van der Waals surface area contributed by atoms with E-state index in [9.17, 15) is 19.2 Å². The Balaban J connectivity index is 3.41. The molecule has 0 aliphatic rings. The zero-order chi connectivity index (χ0) is 27.4. The summed E-state index contributed by atoms with van der Waals surface area (Å²) in [5.41, 5.74) is -2.22. The minimum absolute atomic E-state index is 0.0547. The molecule has 1 rings (SSSR count). The fourth-order valence-corrected chi connectivity index (χ4v) is 4.95. The van der Waals surface area contributed by atoms with Crippen LogP contribution in [0, 0.1) is 0 Å². The van der Waals surface area contributed by atoms with Gasteiger partial charge in [-0.15, -0.1) is 0 Å². The molecule has 0 aliphatic carbocycles. The summed E-state index contributed by atoms with van der Waals surface area (Å²) in [5.74, 6) is -3.18. The lowest BCUT2D eigenvalue weighted by molar-refractivity contribution is -0.165. The molecule has 1 aromatic rings. The number of rotatable bonds is 13. The fourth-order valence-electron chi connectivity index (χ4n) is 3.40. The largest absolute Gasteiger partial charge is 0.479 e. The monoisotopic (exact) mass is 540 g/mol. The van der Waals surface area contributed by atoms with E-state index < -0.39 is 40.0 Å². The third kappa shape index (κ3) is 9.54. The van der Waals surface area contributed by atoms with Gasteiger partial charge >= 0.3 is 17.9 Å². The number of Topliss-reactive ketones (excluding diaryl/α,β-unsaturated/α-hetero) is 1. The quantitative estimate of drug-likeness (QED) is 0.116. The summed E-state index contributed by atoms with van der Waals surface area (Å²) < 4.78 is 21.5. The molecule has 0 N–H and O–H groups in total. The second-order valence-corrected chi connectivity index (χ2v) is 10.7. The summed E-state index contributed by atoms with van der Waals surface area (Å²) in [6.07, 6.45) is -0.130. The van der Waals surface area contributed by atoms with Crippen LogP contribution in [0.25, 0.3) is 0 Å². The Morgan fingerprint density at radius 3 is 1.89 bits per heavy atom. The Kier molecular flexibility index (Phi) is 13.1. The number of thiocarbonyl (C=S) groups is 1. The van der Waals surface area contributed by atoms with E-state index in [4.69, 9.17) is 31.2 Å². The van der Waals surface area contributed by atoms with Gasteiger partial charge in [0.1, 0.15) is 5.60 Å². The predicted molar refractivity (Wildman–Crippen MR) is 142 cm³/mol. The van der Waals surface area contributed by atoms with Crippen LogP contribution in [0.1, 0.15) is 66.4 Å². The van der Waals surface area contributed by atoms with E-state index in [-0.39, 0.29) is 36.9 Å². The lowest BCUT2D eigenvalue weighted by Gasteiger charge is -2.32. The van der Waals surface area contributed by atoms with Crippen molar-refractivity contribution in [2.45, 2.75) is 77.1 Å². The lowest BCUT2D eigenvalue weighted by atomic mass is 9.75. The van der Waals surface area contributed by atoms with Crippen LogP contribution in [0.5, 0.6) is 0 Å². The molecule has 36 heavy (non-hydrogen) atoms. The van der Waals surface area contributed by atoms with Crippen molar-refractivity contribution in [1.29, 1.82) is 0 Å². The minimum Gasteiger partial charge on any atom is -0.479 e. The molecule has 0 bridgehead atoms. The van der Waals surface area contributed by atoms with Crippen molar-refractivity contribution in [2.75, 3.05) is 19.8 Å². The number of esters is 3. The summed E-state index contributed by atoms with van der Waals surface area (Å²) in [5, 5.41) is -0.565. The molecule has 0 aliphatic heterocycles. The van der Waals surface area contributed by atoms with E-state index in [1.165, 1.54) is 0 Å². The maximum atomic E-state index is 13.4. The van der Waals surface area contributed by atoms with Gasteiger partial charge in [-0.1, -0.05) is 42.1 Å². The summed E-state index contributed by atoms with van der Waals surface area (Å²) in [6, 6.07) is 8.49. The van der Waals surface area contributed by atoms with Crippen molar-refractivity contribution in [2.24, 2.45) is 0 Å². The summed E-state index contributed by atoms with van der Waals surface area (Å²) in [4.78, 5) is 51.5. The van der Waals surface area contributed by atoms with Gasteiger partial charge in [0, 0.05) is 11.7 Å². The maximum absolute atomic E-state index is 13.4. The van der Waals surface area contributed by atoms with Crippen LogP contribution in [0.3, 0.4) is 0 Å². The van der Waals surface area contributed by atoms with Gasteiger partial charge in [-0.05, 0) is 72.2 Å². The average molecular weight is 541 g/mol. The van der Waals surface area contributed by atoms with Crippen LogP contribution in [0.15, 0.2) is 30.3 Å². The molecule has 0 aromatic heterocycles. The SMILES string of the molecule is CCOC(=O)C(CC(CCC(=O)C(=O)OC(C)(C)C)SC(=S)OCC)(C(=O)OCC)c1ccccc1. The van der Waals surface area contributed by atoms with Gasteiger partial charge in [-0.2, -0.15) is 0 Å². The highest BCUT2D eigenvalue weighted by Gasteiger charge is 2.52. The summed E-state index contributed by atoms with van der Waals surface area (Å²) in [6.45, 7) is 10.5. The van der Waals surface area contributed by atoms with E-state index in [1.54, 1.807) is 71.9 Å². The Morgan fingerprint density at radius 2 is 1.42 bits per heavy atom. The second kappa shape index (κ2) is 14.9. The molecule has 200 valence electrons. The topological polar surface area (TPSA) is 105 Å². The Bertz CT molecular complexity index is 890. The molecular weight excluding hydrogens is 504 g/mol. The van der Waals surface area contributed by atoms with Gasteiger partial charge in [-0.25, -0.2) is 4.79 Å². The maximum Gasteiger partial charge on any atom is 0.375 e. The smallest absolute Gasteiger partial charge is 0.375 e. The molecule has 0 amide bonds. The van der Waals surface area contributed by atoms with Crippen LogP contribution in [-0.2, 0) is 43.5 Å². The molecule has 0 fully saturated rings. The van der Waals surface area contributed by atoms with Gasteiger partial charge in [0.15, 0.2) is 5.41 Å². The van der Waals surface area contributed by atoms with Crippen molar-refractivity contribution in [3.05, 3.63) is 35.9 Å². The summed E-state index contributed by atoms with van der Waals surface area (Å²) >= 11 is 6.42. The Hall–Kier alpha value is -2.46. The standard InChI is InChI=1S/C26H36O8S2/c1-7-31-22(29)26(23(30)32-8-2,18-13-11-10-12-14-18)17-19(36-24(35)33-9-3)15-16-20(27)21(28)34-25(4,5)6/h10-14,19H,7-9,15-17H2,1-6H3. The zero-order valence-corrected chi connectivity index (χ0v) is 23.4. The Labute approximate surface area is 222 Å². The molecule has 0 saturated carbocycles. The number of carbonyl (C=O) groups is 4. The van der Waals surface area contributed by atoms with Gasteiger partial charge in [0.2, 0.25) is 10.2 Å². The van der Waals surface area contributed by atoms with Crippen molar-refractivity contribution < 1.29 is 38.1 Å². The van der Waals surface area contributed by atoms with Crippen molar-refractivity contribution in [3.8, 4) is 0 Å². The molecule has 0 heterocycles. The highest BCUT2D eigenvalue weighted by atomic mass is 32.2. The van der Waals surface area contributed by atoms with Crippen LogP contribution in [0.4, 0.5) is 0 Å². The first kappa shape index (κ1) is 31.6. The van der Waals surface area contributed by atoms with Crippen molar-refractivity contribution in [3.63, 3.8) is 0 Å². The lowest BCUT2D eigenvalue weighted by Crippen LogP contribution is -2.48. The molecule has 10 heteroatoms. The number of thioether (sulfide) groups is 1. The first-order chi connectivity index (χ1) is 16.9. The number of hydrogen-bond donors (Lipinski definition) is 0. The normalized spacial score (nSPS) is 12.3. The van der Waals surface area contributed by atoms with Gasteiger partial charge in [0.25, 0.3) is 0 Å². The highest BCUT2D eigenvalue weighted by molar-refractivity contribution is 8.23. The van der Waals surface area contributed by atoms with E-state index in [2.05, 4.69) is 0 Å². The van der Waals surface area contributed by atoms with E-state index in [1.807, 2.05) is 0 Å².